The van der Waals surface area contributed by atoms with Crippen LogP contribution in [-0.4, -0.2) is 15.8 Å². The van der Waals surface area contributed by atoms with Crippen LogP contribution < -0.4 is 5.06 Å². The number of hydrogen-bond donors (Lipinski definition) is 1. The van der Waals surface area contributed by atoms with Gasteiger partial charge < -0.3 is 0 Å². The van der Waals surface area contributed by atoms with Crippen molar-refractivity contribution in [2.75, 3.05) is 5.06 Å². The Bertz CT molecular complexity index is 358. The molecule has 1 heterocycles. The highest BCUT2D eigenvalue weighted by molar-refractivity contribution is 8.02. The van der Waals surface area contributed by atoms with E-state index in [9.17, 15) is 10.0 Å². The molecule has 2 rings (SSSR count). The summed E-state index contributed by atoms with van der Waals surface area (Å²) in [5.74, 6) is -0.495. The highest BCUT2D eigenvalue weighted by Crippen LogP contribution is 2.39. The molecule has 1 N–H and O–H groups in total. The molecule has 0 fully saturated rings. The van der Waals surface area contributed by atoms with Gasteiger partial charge in [0.25, 0.3) is 5.91 Å². The van der Waals surface area contributed by atoms with E-state index in [4.69, 9.17) is 11.6 Å². The van der Waals surface area contributed by atoms with Gasteiger partial charge in [0.05, 0.1) is 5.69 Å². The maximum absolute atomic E-state index is 11.2. The molecular formula is C8H6ClNO2S. The average molecular weight is 216 g/mol. The highest BCUT2D eigenvalue weighted by Gasteiger charge is 2.30. The van der Waals surface area contributed by atoms with Crippen molar-refractivity contribution in [2.24, 2.45) is 0 Å². The monoisotopic (exact) mass is 215 g/mol. The van der Waals surface area contributed by atoms with Gasteiger partial charge in [0.2, 0.25) is 0 Å². The summed E-state index contributed by atoms with van der Waals surface area (Å²) in [5.41, 5.74) is 0.495. The van der Waals surface area contributed by atoms with Gasteiger partial charge in [0.15, 0.2) is 4.71 Å². The summed E-state index contributed by atoms with van der Waals surface area (Å²) < 4.78 is -0.736. The first-order valence-electron chi connectivity index (χ1n) is 3.63. The number of carbonyl (C=O) groups excluding carboxylic acids is 1. The molecule has 1 aromatic carbocycles. The van der Waals surface area contributed by atoms with E-state index >= 15 is 0 Å². The molecule has 1 amide bonds. The summed E-state index contributed by atoms with van der Waals surface area (Å²) in [6, 6.07) is 7.07. The molecule has 5 heteroatoms. The van der Waals surface area contributed by atoms with Crippen molar-refractivity contribution >= 4 is 35.0 Å². The third kappa shape index (κ3) is 1.41. The predicted molar refractivity (Wildman–Crippen MR) is 51.2 cm³/mol. The van der Waals surface area contributed by atoms with Gasteiger partial charge in [-0.05, 0) is 12.1 Å². The van der Waals surface area contributed by atoms with Gasteiger partial charge in [-0.3, -0.25) is 10.0 Å². The smallest absolute Gasteiger partial charge is 0.279 e. The number of rotatable bonds is 0. The number of thioether (sulfide) groups is 1. The van der Waals surface area contributed by atoms with Crippen molar-refractivity contribution < 1.29 is 10.0 Å². The third-order valence-corrected chi connectivity index (χ3v) is 3.19. The van der Waals surface area contributed by atoms with E-state index in [-0.39, 0.29) is 0 Å². The summed E-state index contributed by atoms with van der Waals surface area (Å²) in [4.78, 5) is 12.0. The summed E-state index contributed by atoms with van der Waals surface area (Å²) in [6.45, 7) is 0. The third-order valence-electron chi connectivity index (χ3n) is 1.73. The second-order valence-electron chi connectivity index (χ2n) is 2.55. The van der Waals surface area contributed by atoms with E-state index in [2.05, 4.69) is 0 Å². The molecule has 0 radical (unpaired) electrons. The molecule has 1 aromatic rings. The van der Waals surface area contributed by atoms with E-state index in [1.54, 1.807) is 12.1 Å². The van der Waals surface area contributed by atoms with E-state index in [0.29, 0.717) is 10.8 Å². The van der Waals surface area contributed by atoms with Crippen molar-refractivity contribution in [2.45, 2.75) is 9.60 Å². The minimum atomic E-state index is -0.736. The minimum absolute atomic E-state index is 0.495. The maximum Gasteiger partial charge on any atom is 0.279 e. The number of hydroxylamine groups is 1. The van der Waals surface area contributed by atoms with Crippen molar-refractivity contribution in [3.05, 3.63) is 24.3 Å². The molecule has 1 atom stereocenters. The number of alkyl halides is 1. The van der Waals surface area contributed by atoms with Crippen LogP contribution in [0.3, 0.4) is 0 Å². The Balaban J connectivity index is 2.49. The van der Waals surface area contributed by atoms with Gasteiger partial charge in [-0.2, -0.15) is 5.06 Å². The fourth-order valence-electron chi connectivity index (χ4n) is 1.11. The van der Waals surface area contributed by atoms with Crippen molar-refractivity contribution in [3.8, 4) is 0 Å². The van der Waals surface area contributed by atoms with Crippen LogP contribution in [0.2, 0.25) is 0 Å². The first-order chi connectivity index (χ1) is 6.20. The number of carbonyl (C=O) groups is 1. The topological polar surface area (TPSA) is 40.5 Å². The van der Waals surface area contributed by atoms with Crippen LogP contribution >= 0.6 is 23.4 Å². The molecule has 0 bridgehead atoms. The molecule has 0 spiro atoms. The first-order valence-corrected chi connectivity index (χ1v) is 4.94. The number of amides is 1. The number of benzene rings is 1. The highest BCUT2D eigenvalue weighted by atomic mass is 35.5. The summed E-state index contributed by atoms with van der Waals surface area (Å²) >= 11 is 6.94. The van der Waals surface area contributed by atoms with Crippen LogP contribution in [-0.2, 0) is 4.79 Å². The molecule has 1 aliphatic rings. The van der Waals surface area contributed by atoms with Gasteiger partial charge >= 0.3 is 0 Å². The van der Waals surface area contributed by atoms with Crippen LogP contribution in [0.5, 0.6) is 0 Å². The summed E-state index contributed by atoms with van der Waals surface area (Å²) in [7, 11) is 0. The lowest BCUT2D eigenvalue weighted by atomic mass is 10.3. The Morgan fingerprint density at radius 1 is 1.46 bits per heavy atom. The molecule has 0 aliphatic carbocycles. The largest absolute Gasteiger partial charge is 0.281 e. The van der Waals surface area contributed by atoms with Gasteiger partial charge in [0.1, 0.15) is 0 Å². The van der Waals surface area contributed by atoms with E-state index in [0.717, 1.165) is 4.90 Å². The van der Waals surface area contributed by atoms with Crippen LogP contribution in [0.15, 0.2) is 29.2 Å². The Hall–Kier alpha value is -0.710. The zero-order valence-electron chi connectivity index (χ0n) is 6.48. The van der Waals surface area contributed by atoms with Crippen LogP contribution in [0.4, 0.5) is 5.69 Å². The molecule has 13 heavy (non-hydrogen) atoms. The number of fused-ring (bicyclic) bond motifs is 1. The number of hydrogen-bond acceptors (Lipinski definition) is 3. The maximum atomic E-state index is 11.2. The van der Waals surface area contributed by atoms with Crippen LogP contribution in [0, 0.1) is 0 Å². The summed E-state index contributed by atoms with van der Waals surface area (Å²) in [5, 5.41) is 9.99. The lowest BCUT2D eigenvalue weighted by Gasteiger charge is -2.25. The molecule has 1 aliphatic heterocycles. The second kappa shape index (κ2) is 3.21. The second-order valence-corrected chi connectivity index (χ2v) is 4.39. The Kier molecular flexibility index (Phi) is 2.19. The lowest BCUT2D eigenvalue weighted by Crippen LogP contribution is -2.35. The number of halogens is 1. The number of para-hydroxylation sites is 1. The van der Waals surface area contributed by atoms with E-state index in [1.165, 1.54) is 11.8 Å². The van der Waals surface area contributed by atoms with Gasteiger partial charge in [-0.15, -0.1) is 0 Å². The zero-order chi connectivity index (χ0) is 9.42. The fraction of sp³-hybridized carbons (Fsp3) is 0.125. The molecule has 0 aromatic heterocycles. The van der Waals surface area contributed by atoms with Gasteiger partial charge in [0, 0.05) is 4.90 Å². The minimum Gasteiger partial charge on any atom is -0.281 e. The Labute approximate surface area is 84.3 Å². The predicted octanol–water partition coefficient (Wildman–Crippen LogP) is 2.08. The molecule has 3 nitrogen and oxygen atoms in total. The SMILES string of the molecule is O=C1C(Cl)Sc2ccccc2N1O. The van der Waals surface area contributed by atoms with Crippen LogP contribution in [0.1, 0.15) is 0 Å². The average Bonchev–Trinajstić information content (AvgIpc) is 2.15. The van der Waals surface area contributed by atoms with Crippen LogP contribution in [0.25, 0.3) is 0 Å². The molecular weight excluding hydrogens is 210 g/mol. The fourth-order valence-corrected chi connectivity index (χ4v) is 2.34. The van der Waals surface area contributed by atoms with Gasteiger partial charge in [-0.1, -0.05) is 35.5 Å². The van der Waals surface area contributed by atoms with E-state index < -0.39 is 10.6 Å². The Morgan fingerprint density at radius 2 is 2.15 bits per heavy atom. The molecule has 68 valence electrons. The zero-order valence-corrected chi connectivity index (χ0v) is 8.05. The summed E-state index contributed by atoms with van der Waals surface area (Å²) in [6.07, 6.45) is 0. The van der Waals surface area contributed by atoms with Gasteiger partial charge in [-0.25, -0.2) is 0 Å². The number of nitrogens with zero attached hydrogens (tertiary/aromatic N) is 1. The number of anilines is 1. The van der Waals surface area contributed by atoms with Crippen molar-refractivity contribution in [1.82, 2.24) is 0 Å². The van der Waals surface area contributed by atoms with Crippen molar-refractivity contribution in [3.63, 3.8) is 0 Å². The van der Waals surface area contributed by atoms with E-state index in [1.807, 2.05) is 12.1 Å². The normalized spacial score (nSPS) is 21.5. The standard InChI is InChI=1S/C8H6ClNO2S/c9-7-8(11)10(12)5-3-1-2-4-6(5)13-7/h1-4,7,12H. The quantitative estimate of drug-likeness (QED) is 0.532. The van der Waals surface area contributed by atoms with Crippen molar-refractivity contribution in [1.29, 1.82) is 0 Å². The first kappa shape index (κ1) is 8.87. The molecule has 1 unspecified atom stereocenters. The Morgan fingerprint density at radius 3 is 2.92 bits per heavy atom. The molecule has 0 saturated heterocycles. The lowest BCUT2D eigenvalue weighted by molar-refractivity contribution is -0.122. The molecule has 0 saturated carbocycles.